The third kappa shape index (κ3) is 4.36. The van der Waals surface area contributed by atoms with E-state index in [1.165, 1.54) is 0 Å². The SMILES string of the molecule is Cn1cc(-c2cnc(N)c(Oc3ccc(C(=O)Nc4cccc(Cl)n4)cc3)n2)cn1. The number of nitrogen functional groups attached to an aromatic ring is 1. The first kappa shape index (κ1) is 19.3. The molecule has 3 N–H and O–H groups in total. The standard InChI is InChI=1S/C20H16ClN7O2/c1-28-11-13(9-24-28)15-10-23-18(22)20(25-15)30-14-7-5-12(6-8-14)19(29)27-17-4-2-3-16(21)26-17/h2-11H,1H3,(H2,22,23)(H,26,27,29). The molecule has 0 atom stereocenters. The van der Waals surface area contributed by atoms with Crippen molar-refractivity contribution in [1.82, 2.24) is 24.7 Å². The van der Waals surface area contributed by atoms with E-state index in [2.05, 4.69) is 25.4 Å². The molecule has 0 saturated heterocycles. The van der Waals surface area contributed by atoms with Crippen LogP contribution in [0.5, 0.6) is 11.6 Å². The van der Waals surface area contributed by atoms with E-state index in [9.17, 15) is 4.79 Å². The third-order valence-corrected chi connectivity index (χ3v) is 4.27. The third-order valence-electron chi connectivity index (χ3n) is 4.06. The minimum Gasteiger partial charge on any atom is -0.436 e. The lowest BCUT2D eigenvalue weighted by Gasteiger charge is -2.09. The highest BCUT2D eigenvalue weighted by molar-refractivity contribution is 6.29. The van der Waals surface area contributed by atoms with Crippen molar-refractivity contribution < 1.29 is 9.53 Å². The Kier molecular flexibility index (Phi) is 5.27. The largest absolute Gasteiger partial charge is 0.436 e. The molecule has 4 rings (SSSR count). The number of nitrogens with one attached hydrogen (secondary N) is 1. The van der Waals surface area contributed by atoms with Gasteiger partial charge < -0.3 is 15.8 Å². The van der Waals surface area contributed by atoms with Crippen molar-refractivity contribution in [3.63, 3.8) is 0 Å². The van der Waals surface area contributed by atoms with Gasteiger partial charge in [-0.2, -0.15) is 5.10 Å². The number of aromatic nitrogens is 5. The zero-order valence-corrected chi connectivity index (χ0v) is 16.5. The van der Waals surface area contributed by atoms with E-state index in [-0.39, 0.29) is 17.6 Å². The monoisotopic (exact) mass is 421 g/mol. The van der Waals surface area contributed by atoms with E-state index in [1.807, 2.05) is 13.2 Å². The summed E-state index contributed by atoms with van der Waals surface area (Å²) in [6, 6.07) is 11.5. The number of halogens is 1. The lowest BCUT2D eigenvalue weighted by atomic mass is 10.2. The minimum absolute atomic E-state index is 0.150. The summed E-state index contributed by atoms with van der Waals surface area (Å²) in [5.74, 6) is 0.808. The van der Waals surface area contributed by atoms with Gasteiger partial charge in [0.15, 0.2) is 5.82 Å². The number of rotatable bonds is 5. The van der Waals surface area contributed by atoms with Crippen molar-refractivity contribution >= 4 is 29.1 Å². The Hall–Kier alpha value is -3.98. The Morgan fingerprint density at radius 1 is 1.13 bits per heavy atom. The Morgan fingerprint density at radius 2 is 1.93 bits per heavy atom. The fraction of sp³-hybridized carbons (Fsp3) is 0.0500. The molecule has 30 heavy (non-hydrogen) atoms. The van der Waals surface area contributed by atoms with Gasteiger partial charge in [0.2, 0.25) is 0 Å². The predicted molar refractivity (Wildman–Crippen MR) is 112 cm³/mol. The summed E-state index contributed by atoms with van der Waals surface area (Å²) in [4.78, 5) is 24.9. The first-order chi connectivity index (χ1) is 14.5. The van der Waals surface area contributed by atoms with Gasteiger partial charge in [-0.3, -0.25) is 9.48 Å². The molecular weight excluding hydrogens is 406 g/mol. The summed E-state index contributed by atoms with van der Waals surface area (Å²) in [6.07, 6.45) is 5.04. The van der Waals surface area contributed by atoms with Crippen LogP contribution in [-0.4, -0.2) is 30.6 Å². The van der Waals surface area contributed by atoms with E-state index >= 15 is 0 Å². The molecule has 3 aromatic heterocycles. The number of carbonyl (C=O) groups is 1. The summed E-state index contributed by atoms with van der Waals surface area (Å²) in [5.41, 5.74) is 7.69. The topological polar surface area (TPSA) is 121 Å². The molecule has 0 bridgehead atoms. The number of aryl methyl sites for hydroxylation is 1. The molecule has 9 nitrogen and oxygen atoms in total. The van der Waals surface area contributed by atoms with E-state index in [4.69, 9.17) is 22.1 Å². The normalized spacial score (nSPS) is 10.6. The quantitative estimate of drug-likeness (QED) is 0.472. The van der Waals surface area contributed by atoms with Gasteiger partial charge in [-0.05, 0) is 36.4 Å². The molecule has 1 aromatic carbocycles. The van der Waals surface area contributed by atoms with Crippen LogP contribution in [0.4, 0.5) is 11.6 Å². The second-order valence-electron chi connectivity index (χ2n) is 6.27. The maximum absolute atomic E-state index is 12.4. The number of ether oxygens (including phenoxy) is 1. The number of nitrogens with zero attached hydrogens (tertiary/aromatic N) is 5. The van der Waals surface area contributed by atoms with E-state index in [1.54, 1.807) is 59.5 Å². The van der Waals surface area contributed by atoms with E-state index in [0.717, 1.165) is 5.56 Å². The summed E-state index contributed by atoms with van der Waals surface area (Å²) in [5, 5.41) is 7.09. The number of pyridine rings is 1. The van der Waals surface area contributed by atoms with Crippen molar-refractivity contribution in [3.05, 3.63) is 71.8 Å². The highest BCUT2D eigenvalue weighted by atomic mass is 35.5. The molecule has 0 fully saturated rings. The highest BCUT2D eigenvalue weighted by Gasteiger charge is 2.12. The lowest BCUT2D eigenvalue weighted by molar-refractivity contribution is 0.102. The predicted octanol–water partition coefficient (Wildman–Crippen LogP) is 3.55. The van der Waals surface area contributed by atoms with Gasteiger partial charge in [-0.25, -0.2) is 15.0 Å². The smallest absolute Gasteiger partial charge is 0.263 e. The molecule has 0 aliphatic carbocycles. The van der Waals surface area contributed by atoms with Gasteiger partial charge in [0.05, 0.1) is 18.1 Å². The molecule has 0 aliphatic heterocycles. The average molecular weight is 422 g/mol. The maximum Gasteiger partial charge on any atom is 0.263 e. The number of hydrogen-bond donors (Lipinski definition) is 2. The number of amides is 1. The van der Waals surface area contributed by atoms with Crippen LogP contribution in [0.3, 0.4) is 0 Å². The second-order valence-corrected chi connectivity index (χ2v) is 6.66. The van der Waals surface area contributed by atoms with Gasteiger partial charge in [-0.15, -0.1) is 0 Å². The summed E-state index contributed by atoms with van der Waals surface area (Å²) in [7, 11) is 1.81. The van der Waals surface area contributed by atoms with Crippen LogP contribution >= 0.6 is 11.6 Å². The Bertz CT molecular complexity index is 1210. The number of benzene rings is 1. The van der Waals surface area contributed by atoms with Gasteiger partial charge in [0.25, 0.3) is 11.8 Å². The van der Waals surface area contributed by atoms with Crippen molar-refractivity contribution in [2.75, 3.05) is 11.1 Å². The van der Waals surface area contributed by atoms with Crippen LogP contribution in [0.25, 0.3) is 11.3 Å². The second kappa shape index (κ2) is 8.18. The van der Waals surface area contributed by atoms with E-state index in [0.29, 0.717) is 28.0 Å². The van der Waals surface area contributed by atoms with Crippen LogP contribution in [-0.2, 0) is 7.05 Å². The highest BCUT2D eigenvalue weighted by Crippen LogP contribution is 2.27. The first-order valence-corrected chi connectivity index (χ1v) is 9.19. The maximum atomic E-state index is 12.4. The molecule has 0 saturated carbocycles. The zero-order valence-electron chi connectivity index (χ0n) is 15.8. The number of hydrogen-bond acceptors (Lipinski definition) is 7. The lowest BCUT2D eigenvalue weighted by Crippen LogP contribution is -2.12. The molecule has 1 amide bonds. The van der Waals surface area contributed by atoms with Crippen molar-refractivity contribution in [3.8, 4) is 22.9 Å². The van der Waals surface area contributed by atoms with Crippen LogP contribution < -0.4 is 15.8 Å². The van der Waals surface area contributed by atoms with Crippen LogP contribution in [0.15, 0.2) is 61.1 Å². The summed E-state index contributed by atoms with van der Waals surface area (Å²) < 4.78 is 7.42. The summed E-state index contributed by atoms with van der Waals surface area (Å²) in [6.45, 7) is 0. The average Bonchev–Trinajstić information content (AvgIpc) is 3.16. The Balaban J connectivity index is 1.49. The van der Waals surface area contributed by atoms with Gasteiger partial charge in [0, 0.05) is 24.4 Å². The molecular formula is C20H16ClN7O2. The van der Waals surface area contributed by atoms with Crippen LogP contribution in [0, 0.1) is 0 Å². The molecule has 3 heterocycles. The van der Waals surface area contributed by atoms with Crippen LogP contribution in [0.1, 0.15) is 10.4 Å². The fourth-order valence-corrected chi connectivity index (χ4v) is 2.77. The van der Waals surface area contributed by atoms with Gasteiger partial charge in [0.1, 0.15) is 16.7 Å². The molecule has 4 aromatic rings. The molecule has 0 unspecified atom stereocenters. The minimum atomic E-state index is -0.325. The molecule has 0 spiro atoms. The summed E-state index contributed by atoms with van der Waals surface area (Å²) >= 11 is 5.83. The molecule has 10 heteroatoms. The number of anilines is 2. The number of carbonyl (C=O) groups excluding carboxylic acids is 1. The van der Waals surface area contributed by atoms with Gasteiger partial charge in [-0.1, -0.05) is 17.7 Å². The van der Waals surface area contributed by atoms with Crippen molar-refractivity contribution in [2.45, 2.75) is 0 Å². The Morgan fingerprint density at radius 3 is 2.63 bits per heavy atom. The number of nitrogens with two attached hydrogens (primary N) is 1. The van der Waals surface area contributed by atoms with Crippen LogP contribution in [0.2, 0.25) is 5.15 Å². The molecule has 0 aliphatic rings. The van der Waals surface area contributed by atoms with Crippen molar-refractivity contribution in [2.24, 2.45) is 7.05 Å². The van der Waals surface area contributed by atoms with Gasteiger partial charge >= 0.3 is 0 Å². The fourth-order valence-electron chi connectivity index (χ4n) is 2.60. The Labute approximate surface area is 176 Å². The molecule has 150 valence electrons. The first-order valence-electron chi connectivity index (χ1n) is 8.81. The van der Waals surface area contributed by atoms with E-state index < -0.39 is 0 Å². The zero-order chi connectivity index (χ0) is 21.1. The molecule has 0 radical (unpaired) electrons. The van der Waals surface area contributed by atoms with Crippen molar-refractivity contribution in [1.29, 1.82) is 0 Å².